The number of hydrogen-bond donors (Lipinski definition) is 0. The second kappa shape index (κ2) is 4.43. The van der Waals surface area contributed by atoms with Crippen molar-refractivity contribution in [2.45, 2.75) is 0 Å². The Morgan fingerprint density at radius 1 is 1.33 bits per heavy atom. The fourth-order valence-electron chi connectivity index (χ4n) is 0.736. The lowest BCUT2D eigenvalue weighted by Crippen LogP contribution is -1.75. The van der Waals surface area contributed by atoms with Crippen molar-refractivity contribution in [3.8, 4) is 0 Å². The van der Waals surface area contributed by atoms with Crippen LogP contribution < -0.4 is 0 Å². The number of carbonyl (C=O) groups is 1. The summed E-state index contributed by atoms with van der Waals surface area (Å²) in [5.41, 5.74) is 0.951. The van der Waals surface area contributed by atoms with Gasteiger partial charge >= 0.3 is 0 Å². The molecule has 0 N–H and O–H groups in total. The van der Waals surface area contributed by atoms with Gasteiger partial charge in [-0.2, -0.15) is 0 Å². The molecule has 3 heteroatoms. The van der Waals surface area contributed by atoms with Crippen LogP contribution in [0.25, 0.3) is 6.08 Å². The minimum absolute atomic E-state index is 0.141. The van der Waals surface area contributed by atoms with E-state index >= 15 is 0 Å². The molecule has 62 valence electrons. The van der Waals surface area contributed by atoms with Crippen molar-refractivity contribution in [1.82, 2.24) is 0 Å². The van der Waals surface area contributed by atoms with Crippen LogP contribution >= 0.6 is 27.5 Å². The largest absolute Gasteiger partial charge is 0.282 e. The summed E-state index contributed by atoms with van der Waals surface area (Å²) in [5, 5.41) is 0.692. The highest BCUT2D eigenvalue weighted by molar-refractivity contribution is 9.18. The molecule has 0 saturated carbocycles. The minimum Gasteiger partial charge on any atom is -0.282 e. The van der Waals surface area contributed by atoms with Gasteiger partial charge in [0.15, 0.2) is 0 Å². The van der Waals surface area contributed by atoms with E-state index in [1.807, 2.05) is 12.1 Å². The van der Waals surface area contributed by atoms with Gasteiger partial charge in [0.2, 0.25) is 4.69 Å². The standard InChI is InChI=1S/C9H6BrClO/c10-9(12)6-3-7-1-4-8(11)5-2-7/h1-6H/b6-3+. The van der Waals surface area contributed by atoms with Gasteiger partial charge in [-0.1, -0.05) is 29.8 Å². The summed E-state index contributed by atoms with van der Waals surface area (Å²) in [5.74, 6) is 0. The van der Waals surface area contributed by atoms with Crippen LogP contribution in [0.3, 0.4) is 0 Å². The second-order valence-electron chi connectivity index (χ2n) is 2.19. The molecule has 0 fully saturated rings. The fourth-order valence-corrected chi connectivity index (χ4v) is 0.994. The number of allylic oxidation sites excluding steroid dienone is 1. The highest BCUT2D eigenvalue weighted by Crippen LogP contribution is 2.10. The van der Waals surface area contributed by atoms with Crippen LogP contribution in [0.1, 0.15) is 5.56 Å². The maximum atomic E-state index is 10.5. The number of halogens is 2. The first-order chi connectivity index (χ1) is 5.68. The molecular formula is C9H6BrClO. The topological polar surface area (TPSA) is 17.1 Å². The van der Waals surface area contributed by atoms with E-state index in [4.69, 9.17) is 11.6 Å². The molecule has 0 aliphatic rings. The van der Waals surface area contributed by atoms with Gasteiger partial charge in [-0.25, -0.2) is 0 Å². The van der Waals surface area contributed by atoms with E-state index < -0.39 is 0 Å². The zero-order valence-corrected chi connectivity index (χ0v) is 8.47. The van der Waals surface area contributed by atoms with E-state index in [-0.39, 0.29) is 4.69 Å². The molecule has 1 nitrogen and oxygen atoms in total. The van der Waals surface area contributed by atoms with Crippen molar-refractivity contribution in [3.05, 3.63) is 40.9 Å². The zero-order valence-electron chi connectivity index (χ0n) is 6.13. The molecule has 0 saturated heterocycles. The third-order valence-electron chi connectivity index (χ3n) is 1.28. The lowest BCUT2D eigenvalue weighted by atomic mass is 10.2. The lowest BCUT2D eigenvalue weighted by molar-refractivity contribution is -0.106. The molecule has 12 heavy (non-hydrogen) atoms. The van der Waals surface area contributed by atoms with E-state index in [9.17, 15) is 4.79 Å². The third kappa shape index (κ3) is 3.20. The van der Waals surface area contributed by atoms with Gasteiger partial charge in [-0.15, -0.1) is 0 Å². The summed E-state index contributed by atoms with van der Waals surface area (Å²) in [4.78, 5) is 10.5. The Hall–Kier alpha value is -0.600. The predicted molar refractivity (Wildman–Crippen MR) is 54.4 cm³/mol. The lowest BCUT2D eigenvalue weighted by Gasteiger charge is -1.91. The minimum atomic E-state index is -0.141. The number of hydrogen-bond acceptors (Lipinski definition) is 1. The molecule has 0 aliphatic heterocycles. The number of carbonyl (C=O) groups excluding carboxylic acids is 1. The van der Waals surface area contributed by atoms with E-state index in [0.29, 0.717) is 5.02 Å². The van der Waals surface area contributed by atoms with Crippen LogP contribution in [-0.2, 0) is 4.79 Å². The van der Waals surface area contributed by atoms with Gasteiger partial charge in [0.05, 0.1) is 0 Å². The van der Waals surface area contributed by atoms with Crippen LogP contribution in [0.2, 0.25) is 5.02 Å². The van der Waals surface area contributed by atoms with E-state index in [1.54, 1.807) is 18.2 Å². The fraction of sp³-hybridized carbons (Fsp3) is 0. The maximum Gasteiger partial charge on any atom is 0.220 e. The van der Waals surface area contributed by atoms with Crippen LogP contribution in [0.15, 0.2) is 30.3 Å². The molecule has 0 radical (unpaired) electrons. The Morgan fingerprint density at radius 2 is 1.92 bits per heavy atom. The molecule has 0 heterocycles. The first-order valence-corrected chi connectivity index (χ1v) is 4.49. The van der Waals surface area contributed by atoms with Crippen LogP contribution in [0, 0.1) is 0 Å². The Balaban J connectivity index is 2.77. The summed E-state index contributed by atoms with van der Waals surface area (Å²) < 4.78 is -0.141. The monoisotopic (exact) mass is 244 g/mol. The molecule has 1 aromatic rings. The second-order valence-corrected chi connectivity index (χ2v) is 3.41. The van der Waals surface area contributed by atoms with E-state index in [0.717, 1.165) is 5.56 Å². The first-order valence-electron chi connectivity index (χ1n) is 3.31. The van der Waals surface area contributed by atoms with Crippen LogP contribution in [0.5, 0.6) is 0 Å². The molecule has 0 unspecified atom stereocenters. The van der Waals surface area contributed by atoms with Crippen molar-refractivity contribution in [2.24, 2.45) is 0 Å². The maximum absolute atomic E-state index is 10.5. The summed E-state index contributed by atoms with van der Waals surface area (Å²) in [7, 11) is 0. The summed E-state index contributed by atoms with van der Waals surface area (Å²) in [6.45, 7) is 0. The molecule has 0 spiro atoms. The van der Waals surface area contributed by atoms with Crippen molar-refractivity contribution in [2.75, 3.05) is 0 Å². The number of benzene rings is 1. The average molecular weight is 246 g/mol. The normalized spacial score (nSPS) is 10.5. The Kier molecular flexibility index (Phi) is 3.50. The summed E-state index contributed by atoms with van der Waals surface area (Å²) in [6, 6.07) is 7.24. The Labute approximate surface area is 84.2 Å². The number of rotatable bonds is 2. The van der Waals surface area contributed by atoms with E-state index in [1.165, 1.54) is 6.08 Å². The van der Waals surface area contributed by atoms with Crippen LogP contribution in [0.4, 0.5) is 0 Å². The zero-order chi connectivity index (χ0) is 8.97. The van der Waals surface area contributed by atoms with Gasteiger partial charge < -0.3 is 0 Å². The molecule has 0 atom stereocenters. The summed E-state index contributed by atoms with van der Waals surface area (Å²) in [6.07, 6.45) is 3.16. The van der Waals surface area contributed by atoms with Gasteiger partial charge in [0.1, 0.15) is 0 Å². The smallest absolute Gasteiger partial charge is 0.220 e. The van der Waals surface area contributed by atoms with Crippen molar-refractivity contribution in [3.63, 3.8) is 0 Å². The van der Waals surface area contributed by atoms with Crippen molar-refractivity contribution in [1.29, 1.82) is 0 Å². The van der Waals surface area contributed by atoms with Gasteiger partial charge in [-0.3, -0.25) is 4.79 Å². The molecular weight excluding hydrogens is 239 g/mol. The molecule has 0 amide bonds. The van der Waals surface area contributed by atoms with E-state index in [2.05, 4.69) is 15.9 Å². The van der Waals surface area contributed by atoms with Crippen molar-refractivity contribution >= 4 is 38.3 Å². The highest BCUT2D eigenvalue weighted by Gasteiger charge is 1.88. The molecule has 0 aromatic heterocycles. The average Bonchev–Trinajstić information content (AvgIpc) is 2.03. The summed E-state index contributed by atoms with van der Waals surface area (Å²) >= 11 is 8.47. The molecule has 1 rings (SSSR count). The third-order valence-corrected chi connectivity index (χ3v) is 1.79. The predicted octanol–water partition coefficient (Wildman–Crippen LogP) is 3.27. The molecule has 0 bridgehead atoms. The molecule has 1 aromatic carbocycles. The SMILES string of the molecule is O=C(Br)/C=C/c1ccc(Cl)cc1. The Morgan fingerprint density at radius 3 is 2.42 bits per heavy atom. The van der Waals surface area contributed by atoms with Gasteiger partial charge in [0.25, 0.3) is 0 Å². The quantitative estimate of drug-likeness (QED) is 0.577. The molecule has 0 aliphatic carbocycles. The highest BCUT2D eigenvalue weighted by atomic mass is 79.9. The van der Waals surface area contributed by atoms with Gasteiger partial charge in [0, 0.05) is 5.02 Å². The van der Waals surface area contributed by atoms with Gasteiger partial charge in [-0.05, 0) is 39.7 Å². The van der Waals surface area contributed by atoms with Crippen LogP contribution in [-0.4, -0.2) is 4.69 Å². The van der Waals surface area contributed by atoms with Crippen molar-refractivity contribution < 1.29 is 4.79 Å². The first kappa shape index (κ1) is 9.49. The Bertz CT molecular complexity index is 303.